The van der Waals surface area contributed by atoms with Crippen LogP contribution in [0.1, 0.15) is 23.3 Å². The number of carbonyl (C=O) groups excluding carboxylic acids is 2. The second-order valence-electron chi connectivity index (χ2n) is 5.68. The quantitative estimate of drug-likeness (QED) is 0.877. The van der Waals surface area contributed by atoms with Gasteiger partial charge in [0.05, 0.1) is 0 Å². The number of hydrogen-bond acceptors (Lipinski definition) is 4. The van der Waals surface area contributed by atoms with Crippen LogP contribution in [0.2, 0.25) is 0 Å². The van der Waals surface area contributed by atoms with Crippen molar-refractivity contribution in [2.45, 2.75) is 18.9 Å². The van der Waals surface area contributed by atoms with Crippen LogP contribution in [0.4, 0.5) is 4.79 Å². The number of nitrogens with zero attached hydrogens (tertiary/aromatic N) is 3. The Hall–Kier alpha value is -2.15. The molecule has 0 unspecified atom stereocenters. The van der Waals surface area contributed by atoms with E-state index in [9.17, 15) is 9.59 Å². The summed E-state index contributed by atoms with van der Waals surface area (Å²) in [4.78, 5) is 31.8. The van der Waals surface area contributed by atoms with Crippen LogP contribution in [0.25, 0.3) is 0 Å². The summed E-state index contributed by atoms with van der Waals surface area (Å²) in [6.07, 6.45) is 3.24. The fourth-order valence-corrected chi connectivity index (χ4v) is 2.57. The van der Waals surface area contributed by atoms with Gasteiger partial charge in [0, 0.05) is 52.6 Å². The van der Waals surface area contributed by atoms with Crippen molar-refractivity contribution in [3.05, 3.63) is 30.1 Å². The van der Waals surface area contributed by atoms with Crippen molar-refractivity contribution in [3.8, 4) is 0 Å². The standard InChI is InChI=1S/C16H24N4O3/c1-19(2)16(22)20(13-6-11-23-12-7-13)10-9-18-15(21)14-5-3-4-8-17-14/h3-5,8,13H,6-7,9-12H2,1-2H3,(H,18,21). The summed E-state index contributed by atoms with van der Waals surface area (Å²) >= 11 is 0. The van der Waals surface area contributed by atoms with Crippen LogP contribution >= 0.6 is 0 Å². The molecule has 0 aliphatic carbocycles. The number of rotatable bonds is 5. The molecule has 23 heavy (non-hydrogen) atoms. The van der Waals surface area contributed by atoms with Gasteiger partial charge in [-0.1, -0.05) is 6.07 Å². The first-order valence-electron chi connectivity index (χ1n) is 7.84. The molecule has 0 spiro atoms. The molecule has 2 rings (SSSR count). The smallest absolute Gasteiger partial charge is 0.319 e. The van der Waals surface area contributed by atoms with Gasteiger partial charge >= 0.3 is 6.03 Å². The van der Waals surface area contributed by atoms with E-state index in [4.69, 9.17) is 4.74 Å². The zero-order valence-corrected chi connectivity index (χ0v) is 13.7. The number of urea groups is 1. The number of hydrogen-bond donors (Lipinski definition) is 1. The Bertz CT molecular complexity index is 515. The first-order chi connectivity index (χ1) is 11.1. The molecule has 1 aromatic rings. The number of pyridine rings is 1. The second-order valence-corrected chi connectivity index (χ2v) is 5.68. The van der Waals surface area contributed by atoms with Crippen molar-refractivity contribution in [3.63, 3.8) is 0 Å². The van der Waals surface area contributed by atoms with Crippen molar-refractivity contribution >= 4 is 11.9 Å². The van der Waals surface area contributed by atoms with Gasteiger partial charge in [-0.3, -0.25) is 9.78 Å². The molecule has 1 fully saturated rings. The van der Waals surface area contributed by atoms with E-state index < -0.39 is 0 Å². The van der Waals surface area contributed by atoms with E-state index >= 15 is 0 Å². The number of carbonyl (C=O) groups is 2. The topological polar surface area (TPSA) is 74.8 Å². The van der Waals surface area contributed by atoms with E-state index in [2.05, 4.69) is 10.3 Å². The van der Waals surface area contributed by atoms with E-state index in [-0.39, 0.29) is 18.0 Å². The summed E-state index contributed by atoms with van der Waals surface area (Å²) in [5, 5.41) is 2.82. The maximum absolute atomic E-state index is 12.4. The van der Waals surface area contributed by atoms with Crippen molar-refractivity contribution in [2.24, 2.45) is 0 Å². The molecule has 1 aromatic heterocycles. The summed E-state index contributed by atoms with van der Waals surface area (Å²) in [6, 6.07) is 5.32. The van der Waals surface area contributed by atoms with E-state index in [1.54, 1.807) is 43.4 Å². The molecule has 0 saturated carbocycles. The monoisotopic (exact) mass is 320 g/mol. The summed E-state index contributed by atoms with van der Waals surface area (Å²) in [7, 11) is 3.47. The molecular weight excluding hydrogens is 296 g/mol. The molecule has 1 saturated heterocycles. The lowest BCUT2D eigenvalue weighted by Gasteiger charge is -2.36. The average Bonchev–Trinajstić information content (AvgIpc) is 2.59. The van der Waals surface area contributed by atoms with Gasteiger partial charge < -0.3 is 19.9 Å². The Balaban J connectivity index is 1.90. The van der Waals surface area contributed by atoms with Crippen LogP contribution in [0.15, 0.2) is 24.4 Å². The molecule has 0 atom stereocenters. The molecule has 3 amide bonds. The van der Waals surface area contributed by atoms with Crippen LogP contribution in [0, 0.1) is 0 Å². The minimum atomic E-state index is -0.227. The van der Waals surface area contributed by atoms with Gasteiger partial charge in [-0.2, -0.15) is 0 Å². The zero-order chi connectivity index (χ0) is 16.7. The van der Waals surface area contributed by atoms with Crippen molar-refractivity contribution in [1.29, 1.82) is 0 Å². The summed E-state index contributed by atoms with van der Waals surface area (Å²) in [5.41, 5.74) is 0.379. The first-order valence-corrected chi connectivity index (χ1v) is 7.84. The van der Waals surface area contributed by atoms with E-state index in [1.165, 1.54) is 0 Å². The van der Waals surface area contributed by atoms with Gasteiger partial charge in [0.1, 0.15) is 5.69 Å². The minimum Gasteiger partial charge on any atom is -0.381 e. The van der Waals surface area contributed by atoms with Crippen LogP contribution in [0.5, 0.6) is 0 Å². The highest BCUT2D eigenvalue weighted by Gasteiger charge is 2.26. The highest BCUT2D eigenvalue weighted by atomic mass is 16.5. The van der Waals surface area contributed by atoms with E-state index in [0.717, 1.165) is 12.8 Å². The van der Waals surface area contributed by atoms with Crippen LogP contribution in [-0.2, 0) is 4.74 Å². The molecule has 2 heterocycles. The van der Waals surface area contributed by atoms with Crippen molar-refractivity contribution in [2.75, 3.05) is 40.4 Å². The Morgan fingerprint density at radius 2 is 2.04 bits per heavy atom. The minimum absolute atomic E-state index is 0.0380. The van der Waals surface area contributed by atoms with E-state index in [1.807, 2.05) is 4.90 Å². The normalized spacial score (nSPS) is 15.0. The van der Waals surface area contributed by atoms with Gasteiger partial charge in [-0.25, -0.2) is 4.79 Å². The Morgan fingerprint density at radius 3 is 2.65 bits per heavy atom. The fourth-order valence-electron chi connectivity index (χ4n) is 2.57. The Labute approximate surface area is 136 Å². The largest absolute Gasteiger partial charge is 0.381 e. The lowest BCUT2D eigenvalue weighted by Crippen LogP contribution is -2.50. The third-order valence-corrected chi connectivity index (χ3v) is 3.80. The maximum Gasteiger partial charge on any atom is 0.319 e. The van der Waals surface area contributed by atoms with E-state index in [0.29, 0.717) is 32.0 Å². The predicted molar refractivity (Wildman–Crippen MR) is 86.2 cm³/mol. The van der Waals surface area contributed by atoms with Gasteiger partial charge in [0.25, 0.3) is 5.91 Å². The zero-order valence-electron chi connectivity index (χ0n) is 13.7. The lowest BCUT2D eigenvalue weighted by atomic mass is 10.1. The lowest BCUT2D eigenvalue weighted by molar-refractivity contribution is 0.0415. The third kappa shape index (κ3) is 4.92. The van der Waals surface area contributed by atoms with Crippen LogP contribution < -0.4 is 5.32 Å². The predicted octanol–water partition coefficient (Wildman–Crippen LogP) is 0.974. The Morgan fingerprint density at radius 1 is 1.30 bits per heavy atom. The van der Waals surface area contributed by atoms with Gasteiger partial charge in [-0.05, 0) is 25.0 Å². The first kappa shape index (κ1) is 17.2. The van der Waals surface area contributed by atoms with Gasteiger partial charge in [-0.15, -0.1) is 0 Å². The van der Waals surface area contributed by atoms with Crippen molar-refractivity contribution in [1.82, 2.24) is 20.1 Å². The molecular formula is C16H24N4O3. The Kier molecular flexibility index (Phi) is 6.34. The van der Waals surface area contributed by atoms with Crippen LogP contribution in [0.3, 0.4) is 0 Å². The number of ether oxygens (including phenoxy) is 1. The third-order valence-electron chi connectivity index (χ3n) is 3.80. The molecule has 1 aliphatic heterocycles. The molecule has 0 bridgehead atoms. The molecule has 0 aromatic carbocycles. The molecule has 0 radical (unpaired) electrons. The highest BCUT2D eigenvalue weighted by molar-refractivity contribution is 5.92. The maximum atomic E-state index is 12.4. The number of nitrogens with one attached hydrogen (secondary N) is 1. The number of aromatic nitrogens is 1. The summed E-state index contributed by atoms with van der Waals surface area (Å²) in [6.45, 7) is 2.21. The molecule has 126 valence electrons. The molecule has 7 heteroatoms. The molecule has 7 nitrogen and oxygen atoms in total. The van der Waals surface area contributed by atoms with Crippen LogP contribution in [-0.4, -0.2) is 73.2 Å². The number of amides is 3. The highest BCUT2D eigenvalue weighted by Crippen LogP contribution is 2.15. The average molecular weight is 320 g/mol. The summed E-state index contributed by atoms with van der Waals surface area (Å²) < 4.78 is 5.36. The fraction of sp³-hybridized carbons (Fsp3) is 0.562. The molecule has 1 aliphatic rings. The van der Waals surface area contributed by atoms with Crippen molar-refractivity contribution < 1.29 is 14.3 Å². The SMILES string of the molecule is CN(C)C(=O)N(CCNC(=O)c1ccccn1)C1CCOCC1. The second kappa shape index (κ2) is 8.47. The van der Waals surface area contributed by atoms with Gasteiger partial charge in [0.15, 0.2) is 0 Å². The summed E-state index contributed by atoms with van der Waals surface area (Å²) in [5.74, 6) is -0.227. The molecule has 1 N–H and O–H groups in total. The van der Waals surface area contributed by atoms with Gasteiger partial charge in [0.2, 0.25) is 0 Å².